The van der Waals surface area contributed by atoms with E-state index in [2.05, 4.69) is 17.4 Å². The van der Waals surface area contributed by atoms with Gasteiger partial charge in [-0.15, -0.1) is 0 Å². The molecule has 33 heavy (non-hydrogen) atoms. The van der Waals surface area contributed by atoms with Crippen LogP contribution < -0.4 is 10.2 Å². The zero-order valence-corrected chi connectivity index (χ0v) is 19.2. The maximum atomic E-state index is 13.8. The Bertz CT molecular complexity index is 1230. The van der Waals surface area contributed by atoms with Crippen LogP contribution in [0.1, 0.15) is 49.3 Å². The zero-order valence-electron chi connectivity index (χ0n) is 18.4. The van der Waals surface area contributed by atoms with E-state index < -0.39 is 6.04 Å². The quantitative estimate of drug-likeness (QED) is 0.480. The van der Waals surface area contributed by atoms with Crippen molar-refractivity contribution in [3.8, 4) is 0 Å². The second kappa shape index (κ2) is 8.87. The number of carbonyl (C=O) groups is 2. The smallest absolute Gasteiger partial charge is 0.227 e. The predicted molar refractivity (Wildman–Crippen MR) is 132 cm³/mol. The van der Waals surface area contributed by atoms with Crippen LogP contribution in [0.3, 0.4) is 0 Å². The van der Waals surface area contributed by atoms with Gasteiger partial charge in [-0.1, -0.05) is 73.1 Å². The van der Waals surface area contributed by atoms with Crippen molar-refractivity contribution in [2.24, 2.45) is 0 Å². The number of nitrogens with zero attached hydrogens (tertiary/aromatic N) is 1. The highest BCUT2D eigenvalue weighted by atomic mass is 35.5. The summed E-state index contributed by atoms with van der Waals surface area (Å²) in [6.45, 7) is 1.85. The Morgan fingerprint density at radius 1 is 0.939 bits per heavy atom. The van der Waals surface area contributed by atoms with Gasteiger partial charge in [-0.2, -0.15) is 0 Å². The normalized spacial score (nSPS) is 19.9. The van der Waals surface area contributed by atoms with Crippen molar-refractivity contribution >= 4 is 34.7 Å². The fourth-order valence-electron chi connectivity index (χ4n) is 4.96. The average molecular weight is 457 g/mol. The highest BCUT2D eigenvalue weighted by molar-refractivity contribution is 6.30. The second-order valence-electron chi connectivity index (χ2n) is 8.54. The number of hydrogen-bond acceptors (Lipinski definition) is 3. The number of allylic oxidation sites excluding steroid dienone is 1. The van der Waals surface area contributed by atoms with Crippen molar-refractivity contribution in [3.63, 3.8) is 0 Å². The van der Waals surface area contributed by atoms with Gasteiger partial charge in [0.15, 0.2) is 5.78 Å². The van der Waals surface area contributed by atoms with E-state index >= 15 is 0 Å². The molecule has 5 rings (SSSR count). The molecule has 0 bridgehead atoms. The van der Waals surface area contributed by atoms with Crippen molar-refractivity contribution < 1.29 is 9.59 Å². The third-order valence-corrected chi connectivity index (χ3v) is 6.77. The van der Waals surface area contributed by atoms with Crippen molar-refractivity contribution in [2.75, 3.05) is 10.2 Å². The summed E-state index contributed by atoms with van der Waals surface area (Å²) in [4.78, 5) is 28.9. The number of carbonyl (C=O) groups excluding carboxylic acids is 2. The van der Waals surface area contributed by atoms with Gasteiger partial charge in [0.1, 0.15) is 0 Å². The zero-order chi connectivity index (χ0) is 22.9. The molecular formula is C28H25ClN2O2. The molecule has 2 aliphatic rings. The molecule has 0 fully saturated rings. The Morgan fingerprint density at radius 3 is 2.36 bits per heavy atom. The number of amides is 1. The van der Waals surface area contributed by atoms with Crippen LogP contribution in [0.5, 0.6) is 0 Å². The molecule has 2 unspecified atom stereocenters. The van der Waals surface area contributed by atoms with E-state index in [4.69, 9.17) is 11.6 Å². The fraction of sp³-hybridized carbons (Fsp3) is 0.214. The number of benzene rings is 3. The summed E-state index contributed by atoms with van der Waals surface area (Å²) in [5.74, 6) is 0.131. The van der Waals surface area contributed by atoms with Crippen molar-refractivity contribution in [1.29, 1.82) is 0 Å². The Hall–Kier alpha value is -3.37. The van der Waals surface area contributed by atoms with E-state index in [0.29, 0.717) is 29.9 Å². The van der Waals surface area contributed by atoms with Crippen molar-refractivity contribution in [1.82, 2.24) is 0 Å². The molecule has 0 radical (unpaired) electrons. The Kier molecular flexibility index (Phi) is 5.77. The molecule has 3 aromatic rings. The van der Waals surface area contributed by atoms with Gasteiger partial charge in [-0.3, -0.25) is 14.5 Å². The molecule has 1 aliphatic carbocycles. The molecule has 5 heteroatoms. The number of ketones is 1. The highest BCUT2D eigenvalue weighted by Crippen LogP contribution is 2.47. The first kappa shape index (κ1) is 21.5. The van der Waals surface area contributed by atoms with E-state index in [-0.39, 0.29) is 17.6 Å². The predicted octanol–water partition coefficient (Wildman–Crippen LogP) is 6.65. The minimum absolute atomic E-state index is 0.0315. The number of para-hydroxylation sites is 2. The molecule has 1 aliphatic heterocycles. The first-order valence-electron chi connectivity index (χ1n) is 11.3. The fourth-order valence-corrected chi connectivity index (χ4v) is 5.08. The molecule has 1 amide bonds. The molecule has 166 valence electrons. The van der Waals surface area contributed by atoms with Crippen LogP contribution in [-0.4, -0.2) is 11.7 Å². The van der Waals surface area contributed by atoms with Gasteiger partial charge in [-0.25, -0.2) is 0 Å². The van der Waals surface area contributed by atoms with Crippen LogP contribution in [0, 0.1) is 0 Å². The summed E-state index contributed by atoms with van der Waals surface area (Å²) in [5.41, 5.74) is 5.20. The summed E-state index contributed by atoms with van der Waals surface area (Å²) >= 11 is 6.17. The number of rotatable bonds is 3. The minimum atomic E-state index is -0.509. The topological polar surface area (TPSA) is 49.4 Å². The maximum absolute atomic E-state index is 13.8. The summed E-state index contributed by atoms with van der Waals surface area (Å²) in [7, 11) is 0. The van der Waals surface area contributed by atoms with Crippen LogP contribution in [0.4, 0.5) is 11.4 Å². The molecule has 3 aromatic carbocycles. The molecule has 0 saturated heterocycles. The maximum Gasteiger partial charge on any atom is 0.227 e. The van der Waals surface area contributed by atoms with Crippen LogP contribution in [0.25, 0.3) is 0 Å². The average Bonchev–Trinajstić information content (AvgIpc) is 2.99. The first-order chi connectivity index (χ1) is 16.1. The summed E-state index contributed by atoms with van der Waals surface area (Å²) in [6, 6.07) is 24.9. The van der Waals surface area contributed by atoms with E-state index in [9.17, 15) is 9.59 Å². The van der Waals surface area contributed by atoms with E-state index in [0.717, 1.165) is 28.2 Å². The van der Waals surface area contributed by atoms with Gasteiger partial charge in [-0.05, 0) is 47.7 Å². The van der Waals surface area contributed by atoms with E-state index in [1.807, 2.05) is 73.7 Å². The number of nitrogens with one attached hydrogen (secondary N) is 1. The molecule has 4 nitrogen and oxygen atoms in total. The lowest BCUT2D eigenvalue weighted by atomic mass is 9.78. The summed E-state index contributed by atoms with van der Waals surface area (Å²) in [6.07, 6.45) is 1.46. The SMILES string of the molecule is CCC(=O)N1c2ccccc2NC2=C(C(=O)CC(c3ccccc3)C2)C1c1ccc(Cl)cc1. The van der Waals surface area contributed by atoms with Gasteiger partial charge in [0.25, 0.3) is 0 Å². The lowest BCUT2D eigenvalue weighted by Crippen LogP contribution is -2.38. The van der Waals surface area contributed by atoms with Crippen LogP contribution in [-0.2, 0) is 9.59 Å². The van der Waals surface area contributed by atoms with Crippen molar-refractivity contribution in [2.45, 2.75) is 38.1 Å². The molecule has 0 saturated carbocycles. The number of fused-ring (bicyclic) bond motifs is 1. The molecule has 0 aromatic heterocycles. The molecular weight excluding hydrogens is 432 g/mol. The molecule has 1 N–H and O–H groups in total. The number of hydrogen-bond donors (Lipinski definition) is 1. The van der Waals surface area contributed by atoms with Gasteiger partial charge in [0.2, 0.25) is 5.91 Å². The van der Waals surface area contributed by atoms with Gasteiger partial charge < -0.3 is 5.32 Å². The Labute approximate surface area is 198 Å². The molecule has 0 spiro atoms. The van der Waals surface area contributed by atoms with Crippen molar-refractivity contribution in [3.05, 3.63) is 106 Å². The second-order valence-corrected chi connectivity index (χ2v) is 8.98. The van der Waals surface area contributed by atoms with E-state index in [1.54, 1.807) is 4.90 Å². The third-order valence-electron chi connectivity index (χ3n) is 6.52. The number of anilines is 2. The van der Waals surface area contributed by atoms with Gasteiger partial charge in [0.05, 0.1) is 17.4 Å². The molecule has 1 heterocycles. The number of halogens is 1. The highest BCUT2D eigenvalue weighted by Gasteiger charge is 2.41. The van der Waals surface area contributed by atoms with Gasteiger partial charge in [0, 0.05) is 29.1 Å². The van der Waals surface area contributed by atoms with Crippen LogP contribution in [0.15, 0.2) is 90.1 Å². The summed E-state index contributed by atoms with van der Waals surface area (Å²) in [5, 5.41) is 4.17. The van der Waals surface area contributed by atoms with Gasteiger partial charge >= 0.3 is 0 Å². The number of Topliss-reactive ketones (excluding diaryl/α,β-unsaturated/α-hetero) is 1. The lowest BCUT2D eigenvalue weighted by molar-refractivity contribution is -0.119. The van der Waals surface area contributed by atoms with Crippen LogP contribution >= 0.6 is 11.6 Å². The minimum Gasteiger partial charge on any atom is -0.357 e. The molecule has 2 atom stereocenters. The van der Waals surface area contributed by atoms with Crippen LogP contribution in [0.2, 0.25) is 5.02 Å². The summed E-state index contributed by atoms with van der Waals surface area (Å²) < 4.78 is 0. The third kappa shape index (κ3) is 3.96. The standard InChI is InChI=1S/C28H25ClN2O2/c1-2-26(33)31-24-11-7-6-10-22(24)30-23-16-20(18-8-4-3-5-9-18)17-25(32)27(23)28(31)19-12-14-21(29)15-13-19/h3-15,20,28,30H,2,16-17H2,1H3. The van der Waals surface area contributed by atoms with E-state index in [1.165, 1.54) is 0 Å². The lowest BCUT2D eigenvalue weighted by Gasteiger charge is -2.35. The largest absolute Gasteiger partial charge is 0.357 e. The first-order valence-corrected chi connectivity index (χ1v) is 11.7. The Morgan fingerprint density at radius 2 is 1.64 bits per heavy atom. The monoisotopic (exact) mass is 456 g/mol. The Balaban J connectivity index is 1.71.